The summed E-state index contributed by atoms with van der Waals surface area (Å²) in [5.74, 6) is 0. The Morgan fingerprint density at radius 1 is 1.41 bits per heavy atom. The Morgan fingerprint density at radius 3 is 2.91 bits per heavy atom. The molecule has 1 unspecified atom stereocenters. The predicted octanol–water partition coefficient (Wildman–Crippen LogP) is 1.22. The van der Waals surface area contributed by atoms with Crippen LogP contribution in [0.25, 0.3) is 0 Å². The third-order valence-electron chi connectivity index (χ3n) is 3.41. The molecule has 0 saturated carbocycles. The molecule has 1 aliphatic carbocycles. The topological polar surface area (TPSA) is 94.7 Å². The molecule has 0 radical (unpaired) electrons. The fourth-order valence-electron chi connectivity index (χ4n) is 2.27. The van der Waals surface area contributed by atoms with E-state index in [0.717, 1.165) is 43.5 Å². The lowest BCUT2D eigenvalue weighted by molar-refractivity contribution is -0.0726. The number of ether oxygens (including phenoxy) is 2. The lowest BCUT2D eigenvalue weighted by Gasteiger charge is -2.20. The van der Waals surface area contributed by atoms with Gasteiger partial charge in [-0.1, -0.05) is 0 Å². The number of hydrogen-bond donors (Lipinski definition) is 3. The van der Waals surface area contributed by atoms with Crippen molar-refractivity contribution < 1.29 is 19.7 Å². The molecular weight excluding hydrogens is 284 g/mol. The Labute approximate surface area is 132 Å². The Bertz CT molecular complexity index is 426. The molecule has 0 saturated heterocycles. The number of aliphatic hydroxyl groups excluding tert-OH is 2. The molecule has 22 heavy (non-hydrogen) atoms. The normalized spacial score (nSPS) is 18.4. The van der Waals surface area contributed by atoms with Gasteiger partial charge in [-0.05, 0) is 43.8 Å². The fourth-order valence-corrected chi connectivity index (χ4v) is 2.27. The SMILES string of the molecule is COCCCNC1=C/C(=C(/C#N)C(O)OCCCO)CCC1. The quantitative estimate of drug-likeness (QED) is 0.319. The van der Waals surface area contributed by atoms with Crippen molar-refractivity contribution in [3.8, 4) is 6.07 Å². The monoisotopic (exact) mass is 310 g/mol. The highest BCUT2D eigenvalue weighted by Gasteiger charge is 2.18. The first-order valence-electron chi connectivity index (χ1n) is 7.70. The molecule has 0 aromatic rings. The van der Waals surface area contributed by atoms with Crippen LogP contribution in [0.4, 0.5) is 0 Å². The number of allylic oxidation sites excluding steroid dienone is 3. The van der Waals surface area contributed by atoms with Crippen molar-refractivity contribution in [1.29, 1.82) is 5.26 Å². The van der Waals surface area contributed by atoms with E-state index < -0.39 is 6.29 Å². The zero-order valence-electron chi connectivity index (χ0n) is 13.2. The molecule has 124 valence electrons. The van der Waals surface area contributed by atoms with E-state index in [0.29, 0.717) is 13.0 Å². The van der Waals surface area contributed by atoms with Gasteiger partial charge in [0, 0.05) is 32.6 Å². The van der Waals surface area contributed by atoms with Crippen molar-refractivity contribution in [2.24, 2.45) is 0 Å². The van der Waals surface area contributed by atoms with Gasteiger partial charge >= 0.3 is 0 Å². The van der Waals surface area contributed by atoms with E-state index in [1.165, 1.54) is 0 Å². The van der Waals surface area contributed by atoms with Crippen molar-refractivity contribution in [1.82, 2.24) is 5.32 Å². The summed E-state index contributed by atoms with van der Waals surface area (Å²) in [5.41, 5.74) is 2.15. The molecule has 0 aliphatic heterocycles. The molecular formula is C16H26N2O4. The molecule has 0 aromatic heterocycles. The first-order chi connectivity index (χ1) is 10.7. The summed E-state index contributed by atoms with van der Waals surface area (Å²) in [6.45, 7) is 1.76. The van der Waals surface area contributed by atoms with Crippen molar-refractivity contribution in [3.05, 3.63) is 22.9 Å². The maximum Gasteiger partial charge on any atom is 0.191 e. The molecule has 0 heterocycles. The molecule has 0 amide bonds. The highest BCUT2D eigenvalue weighted by molar-refractivity contribution is 5.39. The third-order valence-corrected chi connectivity index (χ3v) is 3.41. The summed E-state index contributed by atoms with van der Waals surface area (Å²) in [6, 6.07) is 2.05. The van der Waals surface area contributed by atoms with Crippen LogP contribution >= 0.6 is 0 Å². The van der Waals surface area contributed by atoms with E-state index in [4.69, 9.17) is 14.6 Å². The van der Waals surface area contributed by atoms with Gasteiger partial charge in [0.15, 0.2) is 6.29 Å². The number of nitrogens with one attached hydrogen (secondary N) is 1. The van der Waals surface area contributed by atoms with Gasteiger partial charge in [0.25, 0.3) is 0 Å². The number of methoxy groups -OCH3 is 1. The van der Waals surface area contributed by atoms with E-state index in [-0.39, 0.29) is 18.8 Å². The lowest BCUT2D eigenvalue weighted by atomic mass is 9.95. The van der Waals surface area contributed by atoms with Gasteiger partial charge in [0.2, 0.25) is 0 Å². The van der Waals surface area contributed by atoms with Crippen LogP contribution in [0.15, 0.2) is 22.9 Å². The van der Waals surface area contributed by atoms with Crippen molar-refractivity contribution in [2.75, 3.05) is 33.5 Å². The fraction of sp³-hybridized carbons (Fsp3) is 0.688. The van der Waals surface area contributed by atoms with Gasteiger partial charge in [-0.25, -0.2) is 0 Å². The first kappa shape index (κ1) is 18.7. The Balaban J connectivity index is 2.66. The maximum atomic E-state index is 9.97. The van der Waals surface area contributed by atoms with Crippen LogP contribution in [0, 0.1) is 11.3 Å². The van der Waals surface area contributed by atoms with Crippen molar-refractivity contribution in [3.63, 3.8) is 0 Å². The first-order valence-corrected chi connectivity index (χ1v) is 7.70. The van der Waals surface area contributed by atoms with Crippen molar-refractivity contribution in [2.45, 2.75) is 38.4 Å². The van der Waals surface area contributed by atoms with E-state index in [9.17, 15) is 10.4 Å². The Kier molecular flexibility index (Phi) is 9.51. The van der Waals surface area contributed by atoms with Crippen molar-refractivity contribution >= 4 is 0 Å². The zero-order chi connectivity index (χ0) is 16.2. The van der Waals surface area contributed by atoms with Crippen LogP contribution in [-0.4, -0.2) is 50.0 Å². The molecule has 0 bridgehead atoms. The van der Waals surface area contributed by atoms with Crippen LogP contribution in [0.5, 0.6) is 0 Å². The second-order valence-electron chi connectivity index (χ2n) is 5.15. The average Bonchev–Trinajstić information content (AvgIpc) is 2.53. The van der Waals surface area contributed by atoms with Crippen LogP contribution < -0.4 is 5.32 Å². The molecule has 0 fully saturated rings. The molecule has 1 atom stereocenters. The van der Waals surface area contributed by atoms with Crippen LogP contribution in [0.2, 0.25) is 0 Å². The molecule has 6 nitrogen and oxygen atoms in total. The van der Waals surface area contributed by atoms with Gasteiger partial charge in [0.05, 0.1) is 12.2 Å². The highest BCUT2D eigenvalue weighted by atomic mass is 16.6. The predicted molar refractivity (Wildman–Crippen MR) is 82.7 cm³/mol. The molecule has 1 rings (SSSR count). The second-order valence-corrected chi connectivity index (χ2v) is 5.15. The van der Waals surface area contributed by atoms with Gasteiger partial charge in [0.1, 0.15) is 6.07 Å². The second kappa shape index (κ2) is 11.2. The number of nitrogens with zero attached hydrogens (tertiary/aromatic N) is 1. The molecule has 3 N–H and O–H groups in total. The van der Waals surface area contributed by atoms with E-state index in [1.807, 2.05) is 12.1 Å². The smallest absolute Gasteiger partial charge is 0.191 e. The summed E-state index contributed by atoms with van der Waals surface area (Å²) >= 11 is 0. The highest BCUT2D eigenvalue weighted by Crippen LogP contribution is 2.25. The van der Waals surface area contributed by atoms with Gasteiger partial charge in [-0.3, -0.25) is 0 Å². The van der Waals surface area contributed by atoms with Crippen LogP contribution in [-0.2, 0) is 9.47 Å². The minimum absolute atomic E-state index is 0.000619. The lowest BCUT2D eigenvalue weighted by Crippen LogP contribution is -2.21. The number of hydrogen-bond acceptors (Lipinski definition) is 6. The van der Waals surface area contributed by atoms with E-state index in [1.54, 1.807) is 7.11 Å². The third kappa shape index (κ3) is 6.58. The van der Waals surface area contributed by atoms with E-state index in [2.05, 4.69) is 5.32 Å². The Morgan fingerprint density at radius 2 is 2.23 bits per heavy atom. The number of rotatable bonds is 10. The van der Waals surface area contributed by atoms with Crippen LogP contribution in [0.3, 0.4) is 0 Å². The van der Waals surface area contributed by atoms with Gasteiger partial charge < -0.3 is 25.0 Å². The maximum absolute atomic E-state index is 9.97. The molecule has 6 heteroatoms. The number of aliphatic hydroxyl groups is 2. The largest absolute Gasteiger partial charge is 0.396 e. The summed E-state index contributed by atoms with van der Waals surface area (Å²) in [7, 11) is 1.68. The minimum atomic E-state index is -1.23. The zero-order valence-corrected chi connectivity index (χ0v) is 13.2. The summed E-state index contributed by atoms with van der Waals surface area (Å²) in [6.07, 6.45) is 4.71. The van der Waals surface area contributed by atoms with Gasteiger partial charge in [-0.2, -0.15) is 5.26 Å². The molecule has 0 spiro atoms. The summed E-state index contributed by atoms with van der Waals surface area (Å²) in [5, 5.41) is 31.3. The average molecular weight is 310 g/mol. The molecule has 0 aromatic carbocycles. The molecule has 1 aliphatic rings. The summed E-state index contributed by atoms with van der Waals surface area (Å²) in [4.78, 5) is 0. The van der Waals surface area contributed by atoms with E-state index >= 15 is 0 Å². The minimum Gasteiger partial charge on any atom is -0.396 e. The standard InChI is InChI=1S/C16H26N2O4/c1-21-9-3-7-18-14-6-2-5-13(11-14)15(12-17)16(20)22-10-4-8-19/h11,16,18-20H,2-10H2,1H3/b15-13-. The number of nitriles is 1. The Hall–Kier alpha value is -1.39. The summed E-state index contributed by atoms with van der Waals surface area (Å²) < 4.78 is 10.2. The van der Waals surface area contributed by atoms with Crippen LogP contribution in [0.1, 0.15) is 32.1 Å². The van der Waals surface area contributed by atoms with Gasteiger partial charge in [-0.15, -0.1) is 0 Å².